The molecule has 2 aromatic heterocycles. The van der Waals surface area contributed by atoms with Crippen LogP contribution in [-0.2, 0) is 6.61 Å². The number of aliphatic hydroxyl groups is 1. The molecule has 2 aromatic rings. The Morgan fingerprint density at radius 2 is 2.36 bits per heavy atom. The van der Waals surface area contributed by atoms with Gasteiger partial charge in [-0.1, -0.05) is 11.6 Å². The first kappa shape index (κ1) is 9.58. The van der Waals surface area contributed by atoms with Crippen molar-refractivity contribution in [2.75, 3.05) is 0 Å². The van der Waals surface area contributed by atoms with Crippen LogP contribution in [0.2, 0.25) is 5.15 Å². The summed E-state index contributed by atoms with van der Waals surface area (Å²) in [6, 6.07) is 3.59. The zero-order valence-electron chi connectivity index (χ0n) is 7.14. The molecule has 2 rings (SSSR count). The first-order chi connectivity index (χ1) is 6.79. The molecule has 2 heterocycles. The van der Waals surface area contributed by atoms with E-state index in [2.05, 4.69) is 9.97 Å². The van der Waals surface area contributed by atoms with Gasteiger partial charge in [0, 0.05) is 17.1 Å². The smallest absolute Gasteiger partial charge is 0.129 e. The summed E-state index contributed by atoms with van der Waals surface area (Å²) in [6.45, 7) is -0.0324. The number of hydrogen-bond donors (Lipinski definition) is 1. The van der Waals surface area contributed by atoms with Gasteiger partial charge >= 0.3 is 0 Å². The third-order valence-electron chi connectivity index (χ3n) is 1.69. The highest BCUT2D eigenvalue weighted by Crippen LogP contribution is 2.24. The summed E-state index contributed by atoms with van der Waals surface area (Å²) < 4.78 is 0. The summed E-state index contributed by atoms with van der Waals surface area (Å²) in [5, 5.41) is 12.0. The van der Waals surface area contributed by atoms with E-state index in [1.54, 1.807) is 12.3 Å². The molecule has 0 saturated heterocycles. The molecule has 0 aliphatic heterocycles. The van der Waals surface area contributed by atoms with Crippen LogP contribution in [0.25, 0.3) is 10.6 Å². The normalized spacial score (nSPS) is 10.4. The number of aromatic nitrogens is 2. The first-order valence-electron chi connectivity index (χ1n) is 3.97. The van der Waals surface area contributed by atoms with E-state index in [1.807, 2.05) is 11.4 Å². The van der Waals surface area contributed by atoms with Gasteiger partial charge in [-0.15, -0.1) is 11.3 Å². The van der Waals surface area contributed by atoms with Crippen LogP contribution in [0, 0.1) is 0 Å². The van der Waals surface area contributed by atoms with Gasteiger partial charge < -0.3 is 5.11 Å². The molecule has 14 heavy (non-hydrogen) atoms. The maximum absolute atomic E-state index is 8.86. The minimum absolute atomic E-state index is 0.0324. The van der Waals surface area contributed by atoms with Crippen LogP contribution in [0.1, 0.15) is 5.69 Å². The fraction of sp³-hybridized carbons (Fsp3) is 0.111. The first-order valence-corrected chi connectivity index (χ1v) is 5.22. The standard InChI is InChI=1S/C9H7ClN2OS/c10-8-3-6(1-2-11-8)9-12-7(4-13)5-14-9/h1-3,5,13H,4H2. The number of halogens is 1. The SMILES string of the molecule is OCc1csc(-c2ccnc(Cl)c2)n1. The summed E-state index contributed by atoms with van der Waals surface area (Å²) in [4.78, 5) is 8.11. The number of nitrogens with zero attached hydrogens (tertiary/aromatic N) is 2. The number of hydrogen-bond acceptors (Lipinski definition) is 4. The average molecular weight is 227 g/mol. The van der Waals surface area contributed by atoms with Crippen molar-refractivity contribution >= 4 is 22.9 Å². The molecular formula is C9H7ClN2OS. The lowest BCUT2D eigenvalue weighted by Crippen LogP contribution is -1.83. The van der Waals surface area contributed by atoms with Gasteiger partial charge in [0.1, 0.15) is 10.2 Å². The highest BCUT2D eigenvalue weighted by Gasteiger charge is 2.04. The lowest BCUT2D eigenvalue weighted by molar-refractivity contribution is 0.278. The zero-order valence-corrected chi connectivity index (χ0v) is 8.72. The predicted molar refractivity (Wildman–Crippen MR) is 56.3 cm³/mol. The molecule has 1 N–H and O–H groups in total. The van der Waals surface area contributed by atoms with E-state index in [-0.39, 0.29) is 6.61 Å². The Labute approximate surface area is 90.0 Å². The number of thiazole rings is 1. The molecular weight excluding hydrogens is 220 g/mol. The van der Waals surface area contributed by atoms with Crippen LogP contribution in [0.15, 0.2) is 23.7 Å². The van der Waals surface area contributed by atoms with Crippen LogP contribution >= 0.6 is 22.9 Å². The predicted octanol–water partition coefficient (Wildman–Crippen LogP) is 2.35. The third kappa shape index (κ3) is 1.92. The van der Waals surface area contributed by atoms with Crippen molar-refractivity contribution in [3.05, 3.63) is 34.6 Å². The van der Waals surface area contributed by atoms with Crippen molar-refractivity contribution in [2.45, 2.75) is 6.61 Å². The number of rotatable bonds is 2. The van der Waals surface area contributed by atoms with Gasteiger partial charge in [-0.05, 0) is 12.1 Å². The van der Waals surface area contributed by atoms with E-state index in [9.17, 15) is 0 Å². The molecule has 0 fully saturated rings. The van der Waals surface area contributed by atoms with Crippen molar-refractivity contribution in [1.29, 1.82) is 0 Å². The van der Waals surface area contributed by atoms with Crippen LogP contribution < -0.4 is 0 Å². The molecule has 0 bridgehead atoms. The number of pyridine rings is 1. The Bertz CT molecular complexity index is 444. The second-order valence-corrected chi connectivity index (χ2v) is 3.91. The zero-order chi connectivity index (χ0) is 9.97. The van der Waals surface area contributed by atoms with Crippen molar-refractivity contribution in [3.63, 3.8) is 0 Å². The second-order valence-electron chi connectivity index (χ2n) is 2.67. The fourth-order valence-corrected chi connectivity index (χ4v) is 2.03. The Hall–Kier alpha value is -0.970. The number of aliphatic hydroxyl groups excluding tert-OH is 1. The highest BCUT2D eigenvalue weighted by molar-refractivity contribution is 7.13. The van der Waals surface area contributed by atoms with E-state index >= 15 is 0 Å². The van der Waals surface area contributed by atoms with Gasteiger partial charge in [-0.2, -0.15) is 0 Å². The maximum atomic E-state index is 8.86. The lowest BCUT2D eigenvalue weighted by Gasteiger charge is -1.95. The largest absolute Gasteiger partial charge is 0.390 e. The fourth-order valence-electron chi connectivity index (χ4n) is 1.05. The summed E-state index contributed by atoms with van der Waals surface area (Å²) in [7, 11) is 0. The van der Waals surface area contributed by atoms with E-state index < -0.39 is 0 Å². The summed E-state index contributed by atoms with van der Waals surface area (Å²) in [5.74, 6) is 0. The van der Waals surface area contributed by atoms with Gasteiger partial charge in [-0.3, -0.25) is 0 Å². The van der Waals surface area contributed by atoms with Gasteiger partial charge in [0.2, 0.25) is 0 Å². The molecule has 72 valence electrons. The Kier molecular flexibility index (Phi) is 2.77. The van der Waals surface area contributed by atoms with Crippen LogP contribution in [0.4, 0.5) is 0 Å². The monoisotopic (exact) mass is 226 g/mol. The molecule has 3 nitrogen and oxygen atoms in total. The molecule has 0 aliphatic carbocycles. The molecule has 0 radical (unpaired) electrons. The molecule has 0 unspecified atom stereocenters. The van der Waals surface area contributed by atoms with Crippen LogP contribution in [0.3, 0.4) is 0 Å². The van der Waals surface area contributed by atoms with Crippen molar-refractivity contribution in [3.8, 4) is 10.6 Å². The summed E-state index contributed by atoms with van der Waals surface area (Å²) in [6.07, 6.45) is 1.64. The topological polar surface area (TPSA) is 46.0 Å². The van der Waals surface area contributed by atoms with E-state index in [1.165, 1.54) is 11.3 Å². The average Bonchev–Trinajstić information content (AvgIpc) is 2.66. The quantitative estimate of drug-likeness (QED) is 0.800. The highest BCUT2D eigenvalue weighted by atomic mass is 35.5. The van der Waals surface area contributed by atoms with Crippen molar-refractivity contribution in [1.82, 2.24) is 9.97 Å². The van der Waals surface area contributed by atoms with Crippen molar-refractivity contribution in [2.24, 2.45) is 0 Å². The Morgan fingerprint density at radius 3 is 3.00 bits per heavy atom. The third-order valence-corrected chi connectivity index (χ3v) is 2.83. The molecule has 0 saturated carbocycles. The molecule has 0 aliphatic rings. The van der Waals surface area contributed by atoms with Crippen LogP contribution in [0.5, 0.6) is 0 Å². The van der Waals surface area contributed by atoms with Gasteiger partial charge in [0.05, 0.1) is 12.3 Å². The van der Waals surface area contributed by atoms with E-state index in [0.717, 1.165) is 10.6 Å². The molecule has 0 amide bonds. The Balaban J connectivity index is 2.39. The van der Waals surface area contributed by atoms with E-state index in [4.69, 9.17) is 16.7 Å². The molecule has 0 spiro atoms. The minimum Gasteiger partial charge on any atom is -0.390 e. The summed E-state index contributed by atoms with van der Waals surface area (Å²) in [5.41, 5.74) is 1.60. The Morgan fingerprint density at radius 1 is 1.50 bits per heavy atom. The maximum Gasteiger partial charge on any atom is 0.129 e. The molecule has 5 heteroatoms. The van der Waals surface area contributed by atoms with Gasteiger partial charge in [0.15, 0.2) is 0 Å². The van der Waals surface area contributed by atoms with Gasteiger partial charge in [0.25, 0.3) is 0 Å². The lowest BCUT2D eigenvalue weighted by atomic mass is 10.3. The van der Waals surface area contributed by atoms with Crippen molar-refractivity contribution < 1.29 is 5.11 Å². The molecule has 0 atom stereocenters. The van der Waals surface area contributed by atoms with E-state index in [0.29, 0.717) is 10.8 Å². The minimum atomic E-state index is -0.0324. The molecule has 0 aromatic carbocycles. The second kappa shape index (κ2) is 4.04. The van der Waals surface area contributed by atoms with Crippen LogP contribution in [-0.4, -0.2) is 15.1 Å². The summed E-state index contributed by atoms with van der Waals surface area (Å²) >= 11 is 7.23. The van der Waals surface area contributed by atoms with Gasteiger partial charge in [-0.25, -0.2) is 9.97 Å².